The highest BCUT2D eigenvalue weighted by Crippen LogP contribution is 2.23. The SMILES string of the molecule is C=C/C(=C\N=C(\c1ccc(C#N)cc1Cc1ccnn1C)C(C)CC)CC(C)C. The molecule has 1 atom stereocenters. The Bertz CT molecular complexity index is 938. The highest BCUT2D eigenvalue weighted by atomic mass is 15.2. The summed E-state index contributed by atoms with van der Waals surface area (Å²) >= 11 is 0. The van der Waals surface area contributed by atoms with Crippen LogP contribution >= 0.6 is 0 Å². The molecule has 0 amide bonds. The van der Waals surface area contributed by atoms with Gasteiger partial charge < -0.3 is 0 Å². The molecule has 1 unspecified atom stereocenters. The third-order valence-electron chi connectivity index (χ3n) is 5.16. The maximum Gasteiger partial charge on any atom is 0.0991 e. The second-order valence-electron chi connectivity index (χ2n) is 7.94. The molecule has 2 aromatic rings. The zero-order chi connectivity index (χ0) is 21.4. The summed E-state index contributed by atoms with van der Waals surface area (Å²) in [6.07, 6.45) is 8.31. The fourth-order valence-electron chi connectivity index (χ4n) is 3.30. The summed E-state index contributed by atoms with van der Waals surface area (Å²) in [4.78, 5) is 4.93. The van der Waals surface area contributed by atoms with Crippen LogP contribution in [0.15, 0.2) is 59.9 Å². The van der Waals surface area contributed by atoms with Crippen LogP contribution in [0.5, 0.6) is 0 Å². The summed E-state index contributed by atoms with van der Waals surface area (Å²) in [6.45, 7) is 12.7. The van der Waals surface area contributed by atoms with Gasteiger partial charge in [0.15, 0.2) is 0 Å². The Balaban J connectivity index is 2.57. The topological polar surface area (TPSA) is 54.0 Å². The molecule has 0 aliphatic heterocycles. The summed E-state index contributed by atoms with van der Waals surface area (Å²) in [6, 6.07) is 10.2. The first-order valence-electron chi connectivity index (χ1n) is 10.3. The second-order valence-corrected chi connectivity index (χ2v) is 7.94. The standard InChI is InChI=1S/C25H32N4/c1-7-19(5)25(27-17-20(8-2)13-18(3)4)24-10-9-21(16-26)14-22(24)15-23-11-12-28-29(23)6/h8-12,14,17-19H,2,7,13,15H2,1,3-6H3/b20-17+,27-25+. The van der Waals surface area contributed by atoms with Crippen molar-refractivity contribution in [1.29, 1.82) is 5.26 Å². The number of allylic oxidation sites excluding steroid dienone is 2. The van der Waals surface area contributed by atoms with Crippen molar-refractivity contribution in [2.75, 3.05) is 0 Å². The van der Waals surface area contributed by atoms with Crippen molar-refractivity contribution in [3.63, 3.8) is 0 Å². The van der Waals surface area contributed by atoms with Crippen LogP contribution in [0.1, 0.15) is 62.9 Å². The minimum atomic E-state index is 0.301. The van der Waals surface area contributed by atoms with Gasteiger partial charge in [-0.15, -0.1) is 0 Å². The molecular formula is C25H32N4. The van der Waals surface area contributed by atoms with E-state index in [1.54, 1.807) is 6.20 Å². The normalized spacial score (nSPS) is 13.4. The van der Waals surface area contributed by atoms with Gasteiger partial charge in [0.05, 0.1) is 17.3 Å². The highest BCUT2D eigenvalue weighted by molar-refractivity contribution is 6.03. The molecule has 29 heavy (non-hydrogen) atoms. The van der Waals surface area contributed by atoms with Crippen molar-refractivity contribution < 1.29 is 0 Å². The van der Waals surface area contributed by atoms with Crippen LogP contribution in [0.2, 0.25) is 0 Å². The molecule has 0 fully saturated rings. The Kier molecular flexibility index (Phi) is 8.15. The zero-order valence-electron chi connectivity index (χ0n) is 18.3. The maximum atomic E-state index is 9.40. The maximum absolute atomic E-state index is 9.40. The van der Waals surface area contributed by atoms with Gasteiger partial charge in [-0.2, -0.15) is 10.4 Å². The Hall–Kier alpha value is -2.93. The van der Waals surface area contributed by atoms with Crippen molar-refractivity contribution in [3.05, 3.63) is 77.3 Å². The molecule has 0 aliphatic rings. The van der Waals surface area contributed by atoms with Crippen molar-refractivity contribution in [2.24, 2.45) is 23.9 Å². The number of hydrogen-bond donors (Lipinski definition) is 0. The average molecular weight is 389 g/mol. The minimum absolute atomic E-state index is 0.301. The first kappa shape index (κ1) is 22.4. The van der Waals surface area contributed by atoms with Gasteiger partial charge in [0, 0.05) is 31.6 Å². The van der Waals surface area contributed by atoms with Gasteiger partial charge in [0.25, 0.3) is 0 Å². The monoisotopic (exact) mass is 388 g/mol. The Morgan fingerprint density at radius 2 is 2.07 bits per heavy atom. The molecule has 1 aromatic heterocycles. The minimum Gasteiger partial charge on any atom is -0.272 e. The van der Waals surface area contributed by atoms with Crippen molar-refractivity contribution >= 4 is 5.71 Å². The molecule has 1 aromatic carbocycles. The molecule has 0 spiro atoms. The Morgan fingerprint density at radius 1 is 1.31 bits per heavy atom. The largest absolute Gasteiger partial charge is 0.272 e. The first-order valence-corrected chi connectivity index (χ1v) is 10.3. The fourth-order valence-corrected chi connectivity index (χ4v) is 3.30. The summed E-state index contributed by atoms with van der Waals surface area (Å²) < 4.78 is 1.88. The number of benzene rings is 1. The highest BCUT2D eigenvalue weighted by Gasteiger charge is 2.17. The quantitative estimate of drug-likeness (QED) is 0.400. The third kappa shape index (κ3) is 6.02. The van der Waals surface area contributed by atoms with Gasteiger partial charge in [-0.3, -0.25) is 9.67 Å². The van der Waals surface area contributed by atoms with E-state index in [1.165, 1.54) is 0 Å². The van der Waals surface area contributed by atoms with E-state index < -0.39 is 0 Å². The van der Waals surface area contributed by atoms with Crippen LogP contribution in [0, 0.1) is 23.2 Å². The summed E-state index contributed by atoms with van der Waals surface area (Å²) in [5, 5.41) is 13.7. The fraction of sp³-hybridized carbons (Fsp3) is 0.400. The van der Waals surface area contributed by atoms with Crippen LogP contribution in [-0.2, 0) is 13.5 Å². The predicted molar refractivity (Wildman–Crippen MR) is 121 cm³/mol. The lowest BCUT2D eigenvalue weighted by atomic mass is 9.90. The Morgan fingerprint density at radius 3 is 2.62 bits per heavy atom. The molecule has 0 saturated heterocycles. The van der Waals surface area contributed by atoms with E-state index in [2.05, 4.69) is 45.4 Å². The smallest absolute Gasteiger partial charge is 0.0991 e. The van der Waals surface area contributed by atoms with Crippen LogP contribution in [0.25, 0.3) is 0 Å². The number of hydrogen-bond acceptors (Lipinski definition) is 3. The lowest BCUT2D eigenvalue weighted by Gasteiger charge is -2.17. The van der Waals surface area contributed by atoms with E-state index in [1.807, 2.05) is 48.3 Å². The number of nitrogens with zero attached hydrogens (tertiary/aromatic N) is 4. The molecule has 152 valence electrons. The van der Waals surface area contributed by atoms with E-state index in [0.29, 0.717) is 23.8 Å². The van der Waals surface area contributed by atoms with Crippen LogP contribution in [0.3, 0.4) is 0 Å². The number of nitriles is 1. The number of aryl methyl sites for hydroxylation is 1. The van der Waals surface area contributed by atoms with Gasteiger partial charge in [0.1, 0.15) is 0 Å². The third-order valence-corrected chi connectivity index (χ3v) is 5.16. The molecule has 0 saturated carbocycles. The van der Waals surface area contributed by atoms with E-state index >= 15 is 0 Å². The summed E-state index contributed by atoms with van der Waals surface area (Å²) in [5.74, 6) is 0.853. The molecular weight excluding hydrogens is 356 g/mol. The average Bonchev–Trinajstić information content (AvgIpc) is 3.11. The number of aromatic nitrogens is 2. The van der Waals surface area contributed by atoms with Crippen LogP contribution < -0.4 is 0 Å². The lowest BCUT2D eigenvalue weighted by Crippen LogP contribution is -2.15. The van der Waals surface area contributed by atoms with Crippen molar-refractivity contribution in [1.82, 2.24) is 9.78 Å². The molecule has 4 nitrogen and oxygen atoms in total. The molecule has 0 N–H and O–H groups in total. The molecule has 2 rings (SSSR count). The molecule has 4 heteroatoms. The molecule has 0 bridgehead atoms. The van der Waals surface area contributed by atoms with Crippen LogP contribution in [0.4, 0.5) is 0 Å². The van der Waals surface area contributed by atoms with E-state index in [9.17, 15) is 5.26 Å². The first-order chi connectivity index (χ1) is 13.9. The van der Waals surface area contributed by atoms with Crippen molar-refractivity contribution in [3.8, 4) is 6.07 Å². The second kappa shape index (κ2) is 10.6. The van der Waals surface area contributed by atoms with E-state index in [0.717, 1.165) is 40.9 Å². The van der Waals surface area contributed by atoms with Gasteiger partial charge in [-0.1, -0.05) is 46.4 Å². The van der Waals surface area contributed by atoms with Gasteiger partial charge in [0.2, 0.25) is 0 Å². The van der Waals surface area contributed by atoms with E-state index in [4.69, 9.17) is 4.99 Å². The number of rotatable bonds is 9. The van der Waals surface area contributed by atoms with E-state index in [-0.39, 0.29) is 0 Å². The molecule has 0 aliphatic carbocycles. The van der Waals surface area contributed by atoms with Gasteiger partial charge in [-0.25, -0.2) is 0 Å². The zero-order valence-corrected chi connectivity index (χ0v) is 18.3. The summed E-state index contributed by atoms with van der Waals surface area (Å²) in [5.41, 5.74) is 6.16. The molecule has 1 heterocycles. The van der Waals surface area contributed by atoms with Gasteiger partial charge >= 0.3 is 0 Å². The summed E-state index contributed by atoms with van der Waals surface area (Å²) in [7, 11) is 1.94. The predicted octanol–water partition coefficient (Wildman–Crippen LogP) is 5.83. The Labute approximate surface area is 175 Å². The number of aliphatic imine (C=N–C) groups is 1. The molecule has 0 radical (unpaired) electrons. The van der Waals surface area contributed by atoms with Crippen molar-refractivity contribution in [2.45, 2.75) is 47.0 Å². The van der Waals surface area contributed by atoms with Gasteiger partial charge in [-0.05, 0) is 59.6 Å². The van der Waals surface area contributed by atoms with Crippen LogP contribution in [-0.4, -0.2) is 15.5 Å². The lowest BCUT2D eigenvalue weighted by molar-refractivity contribution is 0.649.